The molecular weight excluding hydrogens is 400 g/mol. The molecule has 0 saturated carbocycles. The first kappa shape index (κ1) is 21.7. The van der Waals surface area contributed by atoms with Crippen molar-refractivity contribution in [2.75, 3.05) is 26.2 Å². The van der Waals surface area contributed by atoms with Crippen LogP contribution in [-0.4, -0.2) is 42.9 Å². The van der Waals surface area contributed by atoms with Gasteiger partial charge in [-0.25, -0.2) is 0 Å². The summed E-state index contributed by atoms with van der Waals surface area (Å²) in [6.45, 7) is 5.58. The number of benzene rings is 3. The Bertz CT molecular complexity index is 1110. The molecule has 0 radical (unpaired) electrons. The van der Waals surface area contributed by atoms with Crippen molar-refractivity contribution in [2.45, 2.75) is 13.1 Å². The van der Waals surface area contributed by atoms with Gasteiger partial charge >= 0.3 is 0 Å². The van der Waals surface area contributed by atoms with Crippen LogP contribution in [0, 0.1) is 0 Å². The van der Waals surface area contributed by atoms with Gasteiger partial charge in [-0.1, -0.05) is 42.5 Å². The van der Waals surface area contributed by atoms with Crippen molar-refractivity contribution in [3.05, 3.63) is 95.1 Å². The van der Waals surface area contributed by atoms with Crippen LogP contribution >= 0.6 is 0 Å². The van der Waals surface area contributed by atoms with Gasteiger partial charge in [0.25, 0.3) is 5.91 Å². The summed E-state index contributed by atoms with van der Waals surface area (Å²) in [6.07, 6.45) is 0. The minimum absolute atomic E-state index is 0.239. The normalized spacial score (nSPS) is 14.1. The number of amides is 2. The zero-order chi connectivity index (χ0) is 22.3. The van der Waals surface area contributed by atoms with Gasteiger partial charge in [0.1, 0.15) is 0 Å². The van der Waals surface area contributed by atoms with Crippen LogP contribution in [0.5, 0.6) is 0 Å². The molecule has 1 aliphatic heterocycles. The number of nitrogens with two attached hydrogens (primary N) is 1. The average molecular weight is 429 g/mol. The van der Waals surface area contributed by atoms with Gasteiger partial charge in [-0.3, -0.25) is 14.5 Å². The van der Waals surface area contributed by atoms with Gasteiger partial charge in [0.15, 0.2) is 0 Å². The summed E-state index contributed by atoms with van der Waals surface area (Å²) in [7, 11) is 0. The van der Waals surface area contributed by atoms with Crippen LogP contribution < -0.4 is 16.4 Å². The molecule has 0 aromatic heterocycles. The van der Waals surface area contributed by atoms with E-state index in [2.05, 4.69) is 51.9 Å². The van der Waals surface area contributed by atoms with Crippen LogP contribution in [0.3, 0.4) is 0 Å². The summed E-state index contributed by atoms with van der Waals surface area (Å²) in [4.78, 5) is 26.3. The van der Waals surface area contributed by atoms with Crippen molar-refractivity contribution >= 4 is 11.8 Å². The first-order valence-electron chi connectivity index (χ1n) is 10.9. The molecule has 32 heavy (non-hydrogen) atoms. The van der Waals surface area contributed by atoms with Gasteiger partial charge in [-0.05, 0) is 52.6 Å². The Hall–Kier alpha value is -3.48. The Kier molecular flexibility index (Phi) is 6.94. The second-order valence-electron chi connectivity index (χ2n) is 8.05. The van der Waals surface area contributed by atoms with Crippen molar-refractivity contribution in [1.82, 2.24) is 15.5 Å². The Morgan fingerprint density at radius 1 is 0.844 bits per heavy atom. The summed E-state index contributed by atoms with van der Waals surface area (Å²) in [5, 5.41) is 6.31. The molecule has 1 heterocycles. The van der Waals surface area contributed by atoms with E-state index in [9.17, 15) is 9.59 Å². The highest BCUT2D eigenvalue weighted by Gasteiger charge is 2.11. The fourth-order valence-electron chi connectivity index (χ4n) is 3.94. The lowest BCUT2D eigenvalue weighted by molar-refractivity contribution is 0.0951. The zero-order valence-electron chi connectivity index (χ0n) is 18.0. The zero-order valence-corrected chi connectivity index (χ0v) is 18.0. The number of carbonyl (C=O) groups excluding carboxylic acids is 2. The highest BCUT2D eigenvalue weighted by Crippen LogP contribution is 2.22. The Labute approximate surface area is 188 Å². The molecule has 1 aliphatic rings. The van der Waals surface area contributed by atoms with Gasteiger partial charge in [0.05, 0.1) is 0 Å². The van der Waals surface area contributed by atoms with E-state index in [0.717, 1.165) is 43.9 Å². The Morgan fingerprint density at radius 2 is 1.47 bits per heavy atom. The maximum Gasteiger partial charge on any atom is 0.251 e. The van der Waals surface area contributed by atoms with E-state index in [1.165, 1.54) is 17.2 Å². The number of nitrogens with zero attached hydrogens (tertiary/aromatic N) is 1. The number of nitrogens with one attached hydrogen (secondary N) is 2. The number of hydrogen-bond acceptors (Lipinski definition) is 4. The molecule has 0 bridgehead atoms. The van der Waals surface area contributed by atoms with Crippen molar-refractivity contribution < 1.29 is 9.59 Å². The number of primary amides is 1. The quantitative estimate of drug-likeness (QED) is 0.540. The second-order valence-corrected chi connectivity index (χ2v) is 8.05. The largest absolute Gasteiger partial charge is 0.366 e. The third kappa shape index (κ3) is 5.60. The van der Waals surface area contributed by atoms with Crippen LogP contribution in [-0.2, 0) is 13.1 Å². The lowest BCUT2D eigenvalue weighted by atomic mass is 10.0. The van der Waals surface area contributed by atoms with Crippen LogP contribution in [0.1, 0.15) is 31.8 Å². The predicted molar refractivity (Wildman–Crippen MR) is 126 cm³/mol. The molecule has 0 unspecified atom stereocenters. The molecule has 3 aromatic carbocycles. The number of piperazine rings is 1. The lowest BCUT2D eigenvalue weighted by Gasteiger charge is -2.27. The fourth-order valence-corrected chi connectivity index (χ4v) is 3.94. The van der Waals surface area contributed by atoms with Crippen molar-refractivity contribution in [3.63, 3.8) is 0 Å². The molecule has 164 valence electrons. The van der Waals surface area contributed by atoms with Gasteiger partial charge in [-0.15, -0.1) is 0 Å². The first-order chi connectivity index (χ1) is 15.6. The molecule has 3 aromatic rings. The van der Waals surface area contributed by atoms with E-state index in [-0.39, 0.29) is 5.91 Å². The number of carbonyl (C=O) groups is 2. The summed E-state index contributed by atoms with van der Waals surface area (Å²) >= 11 is 0. The third-order valence-corrected chi connectivity index (χ3v) is 5.67. The highest BCUT2D eigenvalue weighted by molar-refractivity contribution is 5.99. The lowest BCUT2D eigenvalue weighted by Crippen LogP contribution is -2.42. The van der Waals surface area contributed by atoms with Gasteiger partial charge in [0.2, 0.25) is 5.91 Å². The van der Waals surface area contributed by atoms with E-state index in [1.54, 1.807) is 18.2 Å². The third-order valence-electron chi connectivity index (χ3n) is 5.67. The molecule has 6 heteroatoms. The van der Waals surface area contributed by atoms with Crippen LogP contribution in [0.25, 0.3) is 11.1 Å². The summed E-state index contributed by atoms with van der Waals surface area (Å²) in [6, 6.07) is 23.3. The topological polar surface area (TPSA) is 87.5 Å². The van der Waals surface area contributed by atoms with Gasteiger partial charge in [0, 0.05) is 50.4 Å². The van der Waals surface area contributed by atoms with Crippen molar-refractivity contribution in [3.8, 4) is 11.1 Å². The van der Waals surface area contributed by atoms with Crippen LogP contribution in [0.2, 0.25) is 0 Å². The molecule has 0 aliphatic carbocycles. The molecule has 0 spiro atoms. The van der Waals surface area contributed by atoms with Crippen LogP contribution in [0.4, 0.5) is 0 Å². The molecular formula is C26H28N4O2. The highest BCUT2D eigenvalue weighted by atomic mass is 16.2. The summed E-state index contributed by atoms with van der Waals surface area (Å²) in [5.41, 5.74) is 10.6. The SMILES string of the molecule is NC(=O)c1cccc(C(=O)NCc2cccc(-c3cccc(CN4CCNCC4)c3)c2)c1. The molecule has 6 nitrogen and oxygen atoms in total. The van der Waals surface area contributed by atoms with E-state index in [0.29, 0.717) is 17.7 Å². The summed E-state index contributed by atoms with van der Waals surface area (Å²) < 4.78 is 0. The average Bonchev–Trinajstić information content (AvgIpc) is 2.83. The maximum atomic E-state index is 12.5. The van der Waals surface area contributed by atoms with Crippen molar-refractivity contribution in [1.29, 1.82) is 0 Å². The molecule has 4 N–H and O–H groups in total. The smallest absolute Gasteiger partial charge is 0.251 e. The summed E-state index contributed by atoms with van der Waals surface area (Å²) in [5.74, 6) is -0.789. The minimum atomic E-state index is -0.550. The van der Waals surface area contributed by atoms with Crippen molar-refractivity contribution in [2.24, 2.45) is 5.73 Å². The van der Waals surface area contributed by atoms with E-state index < -0.39 is 5.91 Å². The second kappa shape index (κ2) is 10.2. The number of rotatable bonds is 7. The first-order valence-corrected chi connectivity index (χ1v) is 10.9. The predicted octanol–water partition coefficient (Wildman–Crippen LogP) is 2.79. The van der Waals surface area contributed by atoms with Crippen LogP contribution in [0.15, 0.2) is 72.8 Å². The van der Waals surface area contributed by atoms with Gasteiger partial charge < -0.3 is 16.4 Å². The molecule has 1 fully saturated rings. The van der Waals surface area contributed by atoms with E-state index in [4.69, 9.17) is 5.73 Å². The molecule has 4 rings (SSSR count). The molecule has 0 atom stereocenters. The maximum absolute atomic E-state index is 12.5. The molecule has 2 amide bonds. The minimum Gasteiger partial charge on any atom is -0.366 e. The molecule has 1 saturated heterocycles. The monoisotopic (exact) mass is 428 g/mol. The number of hydrogen-bond donors (Lipinski definition) is 3. The van der Waals surface area contributed by atoms with E-state index >= 15 is 0 Å². The van der Waals surface area contributed by atoms with E-state index in [1.807, 2.05) is 12.1 Å². The van der Waals surface area contributed by atoms with Gasteiger partial charge in [-0.2, -0.15) is 0 Å². The standard InChI is InChI=1S/C26H28N4O2/c27-25(31)23-8-3-9-24(16-23)26(32)29-17-19-4-1-6-21(14-19)22-7-2-5-20(15-22)18-30-12-10-28-11-13-30/h1-9,14-16,28H,10-13,17-18H2,(H2,27,31)(H,29,32). The Morgan fingerprint density at radius 3 is 2.19 bits per heavy atom. The Balaban J connectivity index is 1.42. The fraction of sp³-hybridized carbons (Fsp3) is 0.231.